The summed E-state index contributed by atoms with van der Waals surface area (Å²) >= 11 is 0. The first-order chi connectivity index (χ1) is 18.3. The van der Waals surface area contributed by atoms with Crippen LogP contribution in [0.2, 0.25) is 0 Å². The van der Waals surface area contributed by atoms with E-state index in [4.69, 9.17) is 9.47 Å². The summed E-state index contributed by atoms with van der Waals surface area (Å²) in [6, 6.07) is 30.0. The van der Waals surface area contributed by atoms with E-state index in [1.54, 1.807) is 24.3 Å². The van der Waals surface area contributed by atoms with E-state index in [-0.39, 0.29) is 10.6 Å². The zero-order valence-electron chi connectivity index (χ0n) is 21.5. The number of nitrogens with zero attached hydrogens (tertiary/aromatic N) is 1. The van der Waals surface area contributed by atoms with Crippen LogP contribution in [0.1, 0.15) is 22.7 Å². The number of ether oxygens (including phenoxy) is 2. The highest BCUT2D eigenvalue weighted by molar-refractivity contribution is 7.92. The van der Waals surface area contributed by atoms with Crippen LogP contribution in [0.5, 0.6) is 11.5 Å². The number of carbonyl (C=O) groups is 1. The number of anilines is 1. The summed E-state index contributed by atoms with van der Waals surface area (Å²) in [4.78, 5) is 13.5. The zero-order chi connectivity index (χ0) is 27.1. The van der Waals surface area contributed by atoms with Gasteiger partial charge in [-0.05, 0) is 42.3 Å². The Balaban J connectivity index is 1.70. The highest BCUT2D eigenvalue weighted by Gasteiger charge is 2.29. The third-order valence-corrected chi connectivity index (χ3v) is 7.89. The third kappa shape index (κ3) is 5.98. The SMILES string of the molecule is COc1ccc(S(=O)(=O)N(CC(=O)NC(c2ccccc2)c2ccccc2)c2ccc(C)cc2)cc1OC. The standard InChI is InChI=1S/C30H30N2O5S/c1-22-14-16-25(17-15-22)32(38(34,35)26-18-19-27(36-2)28(20-26)37-3)21-29(33)31-30(23-10-6-4-7-11-23)24-12-8-5-9-13-24/h4-20,30H,21H2,1-3H3,(H,31,33). The van der Waals surface area contributed by atoms with Gasteiger partial charge in [0, 0.05) is 6.07 Å². The summed E-state index contributed by atoms with van der Waals surface area (Å²) in [5.74, 6) is 0.224. The van der Waals surface area contributed by atoms with Crippen LogP contribution in [-0.2, 0) is 14.8 Å². The molecule has 0 spiro atoms. The molecule has 4 rings (SSSR count). The van der Waals surface area contributed by atoms with Gasteiger partial charge in [0.1, 0.15) is 6.54 Å². The molecule has 0 aromatic heterocycles. The normalized spacial score (nSPS) is 11.2. The molecule has 0 atom stereocenters. The van der Waals surface area contributed by atoms with Crippen LogP contribution in [0.15, 0.2) is 108 Å². The summed E-state index contributed by atoms with van der Waals surface area (Å²) < 4.78 is 39.5. The maximum absolute atomic E-state index is 13.9. The Morgan fingerprint density at radius 3 is 1.87 bits per heavy atom. The number of hydrogen-bond acceptors (Lipinski definition) is 5. The number of carbonyl (C=O) groups excluding carboxylic acids is 1. The minimum absolute atomic E-state index is 0.0220. The number of benzene rings is 4. The lowest BCUT2D eigenvalue weighted by Gasteiger charge is -2.26. The molecular weight excluding hydrogens is 500 g/mol. The minimum atomic E-state index is -4.15. The van der Waals surface area contributed by atoms with Crippen molar-refractivity contribution < 1.29 is 22.7 Å². The third-order valence-electron chi connectivity index (χ3n) is 6.12. The first kappa shape index (κ1) is 26.8. The number of sulfonamides is 1. The van der Waals surface area contributed by atoms with Crippen molar-refractivity contribution in [2.75, 3.05) is 25.1 Å². The zero-order valence-corrected chi connectivity index (χ0v) is 22.3. The monoisotopic (exact) mass is 530 g/mol. The van der Waals surface area contributed by atoms with Gasteiger partial charge in [-0.3, -0.25) is 9.10 Å². The van der Waals surface area contributed by atoms with Crippen molar-refractivity contribution in [1.82, 2.24) is 5.32 Å². The van der Waals surface area contributed by atoms with E-state index in [2.05, 4.69) is 5.32 Å². The molecular formula is C30H30N2O5S. The highest BCUT2D eigenvalue weighted by Crippen LogP contribution is 2.32. The average molecular weight is 531 g/mol. The molecule has 7 nitrogen and oxygen atoms in total. The topological polar surface area (TPSA) is 84.9 Å². The number of amides is 1. The van der Waals surface area contributed by atoms with Gasteiger partial charge in [0.15, 0.2) is 11.5 Å². The molecule has 0 aliphatic rings. The van der Waals surface area contributed by atoms with Gasteiger partial charge in [-0.2, -0.15) is 0 Å². The minimum Gasteiger partial charge on any atom is -0.493 e. The molecule has 0 saturated carbocycles. The number of methoxy groups -OCH3 is 2. The smallest absolute Gasteiger partial charge is 0.264 e. The number of hydrogen-bond donors (Lipinski definition) is 1. The summed E-state index contributed by atoms with van der Waals surface area (Å²) in [6.07, 6.45) is 0. The molecule has 0 aliphatic heterocycles. The van der Waals surface area contributed by atoms with Crippen molar-refractivity contribution in [1.29, 1.82) is 0 Å². The van der Waals surface area contributed by atoms with Gasteiger partial charge in [-0.15, -0.1) is 0 Å². The van der Waals surface area contributed by atoms with E-state index < -0.39 is 28.5 Å². The van der Waals surface area contributed by atoms with Crippen LogP contribution in [0.4, 0.5) is 5.69 Å². The second-order valence-corrected chi connectivity index (χ2v) is 10.5. The summed E-state index contributed by atoms with van der Waals surface area (Å²) in [5, 5.41) is 3.04. The Labute approximate surface area is 223 Å². The van der Waals surface area contributed by atoms with Gasteiger partial charge in [0.05, 0.1) is 30.8 Å². The molecule has 0 aliphatic carbocycles. The fraction of sp³-hybridized carbons (Fsp3) is 0.167. The number of rotatable bonds is 10. The first-order valence-electron chi connectivity index (χ1n) is 12.0. The van der Waals surface area contributed by atoms with E-state index in [0.717, 1.165) is 21.0 Å². The van der Waals surface area contributed by atoms with Gasteiger partial charge < -0.3 is 14.8 Å². The Hall–Kier alpha value is -4.30. The predicted molar refractivity (Wildman–Crippen MR) is 148 cm³/mol. The molecule has 0 bridgehead atoms. The summed E-state index contributed by atoms with van der Waals surface area (Å²) in [5.41, 5.74) is 3.11. The van der Waals surface area contributed by atoms with E-state index >= 15 is 0 Å². The van der Waals surface area contributed by atoms with Crippen LogP contribution in [0, 0.1) is 6.92 Å². The van der Waals surface area contributed by atoms with Crippen LogP contribution >= 0.6 is 0 Å². The second kappa shape index (κ2) is 11.8. The molecule has 4 aromatic rings. The van der Waals surface area contributed by atoms with Crippen LogP contribution in [0.3, 0.4) is 0 Å². The van der Waals surface area contributed by atoms with Crippen LogP contribution in [-0.4, -0.2) is 35.1 Å². The molecule has 38 heavy (non-hydrogen) atoms. The molecule has 0 unspecified atom stereocenters. The van der Waals surface area contributed by atoms with E-state index in [9.17, 15) is 13.2 Å². The lowest BCUT2D eigenvalue weighted by molar-refractivity contribution is -0.120. The van der Waals surface area contributed by atoms with Gasteiger partial charge >= 0.3 is 0 Å². The Kier molecular flexibility index (Phi) is 8.33. The van der Waals surface area contributed by atoms with Crippen molar-refractivity contribution >= 4 is 21.6 Å². The van der Waals surface area contributed by atoms with Crippen LogP contribution < -0.4 is 19.1 Å². The Morgan fingerprint density at radius 1 is 0.789 bits per heavy atom. The maximum atomic E-state index is 13.9. The fourth-order valence-electron chi connectivity index (χ4n) is 4.12. The average Bonchev–Trinajstić information content (AvgIpc) is 2.95. The largest absolute Gasteiger partial charge is 0.493 e. The van der Waals surface area contributed by atoms with Gasteiger partial charge in [0.25, 0.3) is 10.0 Å². The predicted octanol–water partition coefficient (Wildman–Crippen LogP) is 5.11. The second-order valence-electron chi connectivity index (χ2n) is 8.69. The quantitative estimate of drug-likeness (QED) is 0.308. The first-order valence-corrected chi connectivity index (χ1v) is 13.5. The lowest BCUT2D eigenvalue weighted by Crippen LogP contribution is -2.42. The molecule has 8 heteroatoms. The molecule has 0 radical (unpaired) electrons. The highest BCUT2D eigenvalue weighted by atomic mass is 32.2. The van der Waals surface area contributed by atoms with Crippen molar-refractivity contribution in [2.45, 2.75) is 17.9 Å². The lowest BCUT2D eigenvalue weighted by atomic mass is 9.99. The summed E-state index contributed by atoms with van der Waals surface area (Å²) in [6.45, 7) is 1.49. The van der Waals surface area contributed by atoms with E-state index in [1.807, 2.05) is 67.6 Å². The van der Waals surface area contributed by atoms with Crippen molar-refractivity contribution in [3.8, 4) is 11.5 Å². The fourth-order valence-corrected chi connectivity index (χ4v) is 5.55. The van der Waals surface area contributed by atoms with E-state index in [0.29, 0.717) is 11.4 Å². The molecule has 0 fully saturated rings. The van der Waals surface area contributed by atoms with Gasteiger partial charge in [-0.25, -0.2) is 8.42 Å². The molecule has 0 saturated heterocycles. The maximum Gasteiger partial charge on any atom is 0.264 e. The molecule has 1 N–H and O–H groups in total. The van der Waals surface area contributed by atoms with Crippen molar-refractivity contribution in [3.05, 3.63) is 120 Å². The number of aryl methyl sites for hydroxylation is 1. The number of nitrogens with one attached hydrogen (secondary N) is 1. The van der Waals surface area contributed by atoms with Crippen molar-refractivity contribution in [3.63, 3.8) is 0 Å². The van der Waals surface area contributed by atoms with E-state index in [1.165, 1.54) is 32.4 Å². The van der Waals surface area contributed by atoms with Crippen LogP contribution in [0.25, 0.3) is 0 Å². The molecule has 0 heterocycles. The molecule has 4 aromatic carbocycles. The summed E-state index contributed by atoms with van der Waals surface area (Å²) in [7, 11) is -1.23. The Morgan fingerprint density at radius 2 is 1.34 bits per heavy atom. The Bertz CT molecular complexity index is 1440. The van der Waals surface area contributed by atoms with Gasteiger partial charge in [-0.1, -0.05) is 78.4 Å². The van der Waals surface area contributed by atoms with Gasteiger partial charge in [0.2, 0.25) is 5.91 Å². The molecule has 1 amide bonds. The molecule has 196 valence electrons. The van der Waals surface area contributed by atoms with Crippen molar-refractivity contribution in [2.24, 2.45) is 0 Å².